The van der Waals surface area contributed by atoms with Crippen LogP contribution in [-0.4, -0.2) is 35.3 Å². The number of rotatable bonds is 3. The molecule has 1 saturated heterocycles. The number of ether oxygens (including phenoxy) is 1. The molecule has 3 heterocycles. The molecule has 0 bridgehead atoms. The predicted octanol–water partition coefficient (Wildman–Crippen LogP) is 4.39. The number of H-pyrrole nitrogens is 1. The maximum absolute atomic E-state index is 14.4. The first kappa shape index (κ1) is 19.9. The van der Waals surface area contributed by atoms with E-state index in [1.165, 1.54) is 13.2 Å². The zero-order chi connectivity index (χ0) is 21.3. The number of halogens is 1. The molecular formula is C23H25FN4O2. The zero-order valence-corrected chi connectivity index (χ0v) is 17.3. The number of aromatic nitrogens is 2. The lowest BCUT2D eigenvalue weighted by molar-refractivity contribution is -0.120. The molecule has 2 aliphatic heterocycles. The van der Waals surface area contributed by atoms with Gasteiger partial charge in [-0.2, -0.15) is 5.10 Å². The monoisotopic (exact) mass is 408 g/mol. The molecular weight excluding hydrogens is 383 g/mol. The van der Waals surface area contributed by atoms with Gasteiger partial charge in [0, 0.05) is 53.8 Å². The Morgan fingerprint density at radius 2 is 1.93 bits per heavy atom. The number of amides is 1. The average molecular weight is 408 g/mol. The Morgan fingerprint density at radius 1 is 1.17 bits per heavy atom. The van der Waals surface area contributed by atoms with E-state index in [4.69, 9.17) is 4.74 Å². The van der Waals surface area contributed by atoms with E-state index in [1.807, 2.05) is 44.3 Å². The van der Waals surface area contributed by atoms with Crippen molar-refractivity contribution in [2.45, 2.75) is 32.2 Å². The molecule has 1 atom stereocenters. The number of fused-ring (bicyclic) bond motifs is 1. The molecule has 1 amide bonds. The van der Waals surface area contributed by atoms with Gasteiger partial charge in [-0.3, -0.25) is 9.89 Å². The first-order valence-electron chi connectivity index (χ1n) is 10.2. The van der Waals surface area contributed by atoms with Gasteiger partial charge in [0.25, 0.3) is 5.91 Å². The van der Waals surface area contributed by atoms with E-state index in [1.54, 1.807) is 17.2 Å². The molecule has 6 nitrogen and oxygen atoms in total. The Hall–Kier alpha value is -3.35. The fraction of sp³-hybridized carbons (Fsp3) is 0.304. The van der Waals surface area contributed by atoms with E-state index in [-0.39, 0.29) is 11.7 Å². The molecule has 3 aromatic rings. The van der Waals surface area contributed by atoms with Crippen molar-refractivity contribution in [1.82, 2.24) is 10.2 Å². The lowest BCUT2D eigenvalue weighted by Gasteiger charge is -2.24. The number of nitrogens with zero attached hydrogens (tertiary/aromatic N) is 2. The summed E-state index contributed by atoms with van der Waals surface area (Å²) in [5.74, 6) is 0.0745. The highest BCUT2D eigenvalue weighted by Crippen LogP contribution is 2.43. The van der Waals surface area contributed by atoms with Crippen molar-refractivity contribution in [2.24, 2.45) is 0 Å². The van der Waals surface area contributed by atoms with Crippen molar-refractivity contribution < 1.29 is 13.9 Å². The summed E-state index contributed by atoms with van der Waals surface area (Å²) in [6.45, 7) is 4.59. The SMILES string of the molecule is CC.COc1cc(F)c2c(c1)NC1(CCN(c3ccc(-c4cn[nH]c4)cc3)C1=O)C2. The fourth-order valence-electron chi connectivity index (χ4n) is 4.16. The van der Waals surface area contributed by atoms with Gasteiger partial charge in [-0.1, -0.05) is 26.0 Å². The number of nitrogens with one attached hydrogen (secondary N) is 2. The Kier molecular flexibility index (Phi) is 5.20. The van der Waals surface area contributed by atoms with E-state index < -0.39 is 5.54 Å². The van der Waals surface area contributed by atoms with E-state index in [9.17, 15) is 9.18 Å². The number of carbonyl (C=O) groups is 1. The maximum Gasteiger partial charge on any atom is 0.253 e. The van der Waals surface area contributed by atoms with Gasteiger partial charge in [0.05, 0.1) is 13.3 Å². The van der Waals surface area contributed by atoms with E-state index in [0.29, 0.717) is 36.4 Å². The Morgan fingerprint density at radius 3 is 2.60 bits per heavy atom. The maximum atomic E-state index is 14.4. The van der Waals surface area contributed by atoms with Crippen LogP contribution < -0.4 is 15.0 Å². The summed E-state index contributed by atoms with van der Waals surface area (Å²) >= 11 is 0. The van der Waals surface area contributed by atoms with Crippen LogP contribution in [0.25, 0.3) is 11.1 Å². The molecule has 2 aromatic carbocycles. The van der Waals surface area contributed by atoms with Crippen molar-refractivity contribution in [3.8, 4) is 16.9 Å². The predicted molar refractivity (Wildman–Crippen MR) is 115 cm³/mol. The number of hydrogen-bond acceptors (Lipinski definition) is 4. The van der Waals surface area contributed by atoms with Crippen molar-refractivity contribution in [3.05, 3.63) is 60.2 Å². The van der Waals surface area contributed by atoms with Crippen LogP contribution in [-0.2, 0) is 11.2 Å². The molecule has 2 N–H and O–H groups in total. The Bertz CT molecular complexity index is 1050. The number of aromatic amines is 1. The summed E-state index contributed by atoms with van der Waals surface area (Å²) < 4.78 is 19.6. The lowest BCUT2D eigenvalue weighted by Crippen LogP contribution is -2.45. The lowest BCUT2D eigenvalue weighted by atomic mass is 9.93. The standard InChI is InChI=1S/C21H19FN4O2.C2H6/c1-28-16-8-18(22)17-10-21(25-19(17)9-16)6-7-26(20(21)27)15-4-2-13(3-5-15)14-11-23-24-12-14;1-2/h2-5,8-9,11-12,25H,6-7,10H2,1H3,(H,23,24);1-2H3. The van der Waals surface area contributed by atoms with Gasteiger partial charge in [-0.15, -0.1) is 0 Å². The van der Waals surface area contributed by atoms with Gasteiger partial charge >= 0.3 is 0 Å². The van der Waals surface area contributed by atoms with E-state index in [0.717, 1.165) is 16.8 Å². The second-order valence-corrected chi connectivity index (χ2v) is 7.26. The topological polar surface area (TPSA) is 70.2 Å². The van der Waals surface area contributed by atoms with E-state index >= 15 is 0 Å². The van der Waals surface area contributed by atoms with Crippen LogP contribution in [0.1, 0.15) is 25.8 Å². The molecule has 1 fully saturated rings. The summed E-state index contributed by atoms with van der Waals surface area (Å²) in [6.07, 6.45) is 4.55. The van der Waals surface area contributed by atoms with Crippen LogP contribution in [0.15, 0.2) is 48.8 Å². The highest BCUT2D eigenvalue weighted by molar-refractivity contribution is 6.06. The molecule has 1 unspecified atom stereocenters. The molecule has 156 valence electrons. The van der Waals surface area contributed by atoms with Crippen LogP contribution in [0.4, 0.5) is 15.8 Å². The van der Waals surface area contributed by atoms with Crippen molar-refractivity contribution >= 4 is 17.3 Å². The number of benzene rings is 2. The first-order valence-corrected chi connectivity index (χ1v) is 10.2. The van der Waals surface area contributed by atoms with Gasteiger partial charge in [0.1, 0.15) is 17.1 Å². The fourth-order valence-corrected chi connectivity index (χ4v) is 4.16. The average Bonchev–Trinajstić information content (AvgIpc) is 3.50. The molecule has 0 saturated carbocycles. The van der Waals surface area contributed by atoms with Gasteiger partial charge in [0.15, 0.2) is 0 Å². The molecule has 2 aliphatic rings. The summed E-state index contributed by atoms with van der Waals surface area (Å²) in [7, 11) is 1.50. The first-order chi connectivity index (χ1) is 14.6. The van der Waals surface area contributed by atoms with Crippen molar-refractivity contribution in [3.63, 3.8) is 0 Å². The smallest absolute Gasteiger partial charge is 0.253 e. The third-order valence-corrected chi connectivity index (χ3v) is 5.68. The summed E-state index contributed by atoms with van der Waals surface area (Å²) in [4.78, 5) is 15.0. The molecule has 30 heavy (non-hydrogen) atoms. The second kappa shape index (κ2) is 7.82. The van der Waals surface area contributed by atoms with Gasteiger partial charge < -0.3 is 15.0 Å². The highest BCUT2D eigenvalue weighted by Gasteiger charge is 2.51. The van der Waals surface area contributed by atoms with Crippen LogP contribution in [0.2, 0.25) is 0 Å². The van der Waals surface area contributed by atoms with Crippen molar-refractivity contribution in [2.75, 3.05) is 23.9 Å². The van der Waals surface area contributed by atoms with Crippen LogP contribution in [0.3, 0.4) is 0 Å². The van der Waals surface area contributed by atoms with Crippen molar-refractivity contribution in [1.29, 1.82) is 0 Å². The number of carbonyl (C=O) groups excluding carboxylic acids is 1. The summed E-state index contributed by atoms with van der Waals surface area (Å²) in [5.41, 5.74) is 3.25. The number of methoxy groups -OCH3 is 1. The van der Waals surface area contributed by atoms with Gasteiger partial charge in [-0.05, 0) is 24.1 Å². The number of anilines is 2. The molecule has 0 radical (unpaired) electrons. The minimum Gasteiger partial charge on any atom is -0.497 e. The summed E-state index contributed by atoms with van der Waals surface area (Å²) in [5, 5.41) is 10.0. The quantitative estimate of drug-likeness (QED) is 0.674. The molecule has 7 heteroatoms. The molecule has 1 aromatic heterocycles. The summed E-state index contributed by atoms with van der Waals surface area (Å²) in [6, 6.07) is 10.9. The molecule has 0 aliphatic carbocycles. The largest absolute Gasteiger partial charge is 0.497 e. The van der Waals surface area contributed by atoms with Crippen LogP contribution >= 0.6 is 0 Å². The highest BCUT2D eigenvalue weighted by atomic mass is 19.1. The van der Waals surface area contributed by atoms with Gasteiger partial charge in [-0.25, -0.2) is 4.39 Å². The van der Waals surface area contributed by atoms with Crippen LogP contribution in [0, 0.1) is 5.82 Å². The minimum absolute atomic E-state index is 0.0295. The number of hydrogen-bond donors (Lipinski definition) is 2. The zero-order valence-electron chi connectivity index (χ0n) is 17.3. The van der Waals surface area contributed by atoms with Gasteiger partial charge in [0.2, 0.25) is 0 Å². The third kappa shape index (κ3) is 3.20. The van der Waals surface area contributed by atoms with E-state index in [2.05, 4.69) is 15.5 Å². The molecule has 5 rings (SSSR count). The Labute approximate surface area is 175 Å². The third-order valence-electron chi connectivity index (χ3n) is 5.68. The second-order valence-electron chi connectivity index (χ2n) is 7.26. The normalized spacial score (nSPS) is 19.3. The Balaban J connectivity index is 0.00000106. The molecule has 1 spiro atoms. The van der Waals surface area contributed by atoms with Crippen LogP contribution in [0.5, 0.6) is 5.75 Å². The minimum atomic E-state index is -0.793.